The molecule has 0 bridgehead atoms. The zero-order chi connectivity index (χ0) is 17.7. The molecule has 0 aliphatic heterocycles. The molecule has 22 heavy (non-hydrogen) atoms. The summed E-state index contributed by atoms with van der Waals surface area (Å²) >= 11 is 0. The predicted molar refractivity (Wildman–Crippen MR) is 99.3 cm³/mol. The topological polar surface area (TPSA) is 29.5 Å². The molecule has 5 atom stereocenters. The van der Waals surface area contributed by atoms with Gasteiger partial charge in [0.2, 0.25) is 0 Å². The highest BCUT2D eigenvalue weighted by atomic mass is 28.4. The summed E-state index contributed by atoms with van der Waals surface area (Å²) in [5, 5.41) is 10.8. The lowest BCUT2D eigenvalue weighted by Crippen LogP contribution is -2.49. The van der Waals surface area contributed by atoms with Gasteiger partial charge in [-0.1, -0.05) is 53.9 Å². The third-order valence-corrected chi connectivity index (χ3v) is 9.86. The number of aliphatic hydroxyl groups is 1. The van der Waals surface area contributed by atoms with Gasteiger partial charge in [0.25, 0.3) is 0 Å². The Hall–Kier alpha value is -0.303. The van der Waals surface area contributed by atoms with Crippen molar-refractivity contribution in [3.63, 3.8) is 0 Å². The van der Waals surface area contributed by atoms with Crippen LogP contribution in [0.1, 0.15) is 61.8 Å². The van der Waals surface area contributed by atoms with E-state index >= 15 is 0 Å². The van der Waals surface area contributed by atoms with E-state index in [2.05, 4.69) is 66.5 Å². The molecule has 0 rings (SSSR count). The van der Waals surface area contributed by atoms with Gasteiger partial charge in [-0.05, 0) is 37.9 Å². The standard InChI is InChI=1S/C19H38O2Si/c1-11-13-15(4)17(20)16(5)18(14(3)12-2)21-22(9,10)19(6,7)8/h14-18,20H,12H2,1-10H3/t14-,15+,16+,17-,18+/m0/s1. The van der Waals surface area contributed by atoms with Crippen molar-refractivity contribution in [1.82, 2.24) is 0 Å². The van der Waals surface area contributed by atoms with E-state index in [4.69, 9.17) is 4.43 Å². The summed E-state index contributed by atoms with van der Waals surface area (Å²) in [5.41, 5.74) is 0. The average Bonchev–Trinajstić information content (AvgIpc) is 2.41. The van der Waals surface area contributed by atoms with Gasteiger partial charge < -0.3 is 9.53 Å². The normalized spacial score (nSPS) is 19.6. The minimum absolute atomic E-state index is 0.0189. The Labute approximate surface area is 140 Å². The number of rotatable bonds is 7. The molecule has 0 aliphatic carbocycles. The maximum Gasteiger partial charge on any atom is 0.192 e. The van der Waals surface area contributed by atoms with E-state index in [1.54, 1.807) is 0 Å². The van der Waals surface area contributed by atoms with Crippen LogP contribution in [0.15, 0.2) is 0 Å². The van der Waals surface area contributed by atoms with Crippen LogP contribution in [0.3, 0.4) is 0 Å². The highest BCUT2D eigenvalue weighted by Gasteiger charge is 2.42. The lowest BCUT2D eigenvalue weighted by Gasteiger charge is -2.44. The monoisotopic (exact) mass is 326 g/mol. The molecule has 1 N–H and O–H groups in total. The molecule has 0 aliphatic rings. The van der Waals surface area contributed by atoms with Crippen molar-refractivity contribution in [3.05, 3.63) is 0 Å². The van der Waals surface area contributed by atoms with Crippen LogP contribution >= 0.6 is 0 Å². The third-order valence-electron chi connectivity index (χ3n) is 5.38. The maximum absolute atomic E-state index is 10.7. The van der Waals surface area contributed by atoms with Gasteiger partial charge in [0.05, 0.1) is 12.2 Å². The molecular formula is C19H38O2Si. The Balaban J connectivity index is 5.33. The van der Waals surface area contributed by atoms with E-state index < -0.39 is 14.4 Å². The highest BCUT2D eigenvalue weighted by molar-refractivity contribution is 6.74. The first-order valence-electron chi connectivity index (χ1n) is 8.67. The zero-order valence-electron chi connectivity index (χ0n) is 16.4. The van der Waals surface area contributed by atoms with Gasteiger partial charge in [0.15, 0.2) is 8.32 Å². The highest BCUT2D eigenvalue weighted by Crippen LogP contribution is 2.40. The van der Waals surface area contributed by atoms with Gasteiger partial charge in [-0.3, -0.25) is 0 Å². The van der Waals surface area contributed by atoms with E-state index in [0.717, 1.165) is 6.42 Å². The van der Waals surface area contributed by atoms with Crippen molar-refractivity contribution < 1.29 is 9.53 Å². The van der Waals surface area contributed by atoms with Crippen LogP contribution in [-0.4, -0.2) is 25.6 Å². The molecule has 0 spiro atoms. The summed E-state index contributed by atoms with van der Waals surface area (Å²) in [6, 6.07) is 0. The second-order valence-electron chi connectivity index (χ2n) is 8.26. The molecule has 0 saturated carbocycles. The minimum Gasteiger partial charge on any atom is -0.413 e. The van der Waals surface area contributed by atoms with E-state index in [0.29, 0.717) is 5.92 Å². The van der Waals surface area contributed by atoms with Crippen LogP contribution in [0, 0.1) is 29.6 Å². The number of aliphatic hydroxyl groups excluding tert-OH is 1. The van der Waals surface area contributed by atoms with E-state index in [1.807, 2.05) is 13.8 Å². The fourth-order valence-corrected chi connectivity index (χ4v) is 3.93. The van der Waals surface area contributed by atoms with Crippen LogP contribution in [0.5, 0.6) is 0 Å². The molecule has 0 aromatic carbocycles. The minimum atomic E-state index is -1.86. The summed E-state index contributed by atoms with van der Waals surface area (Å²) in [7, 11) is -1.86. The summed E-state index contributed by atoms with van der Waals surface area (Å²) in [6.45, 7) is 21.7. The molecule has 0 unspecified atom stereocenters. The van der Waals surface area contributed by atoms with Gasteiger partial charge in [0, 0.05) is 11.8 Å². The molecule has 130 valence electrons. The fourth-order valence-electron chi connectivity index (χ4n) is 2.45. The molecule has 0 fully saturated rings. The maximum atomic E-state index is 10.7. The van der Waals surface area contributed by atoms with Crippen LogP contribution in [-0.2, 0) is 4.43 Å². The van der Waals surface area contributed by atoms with E-state index in [-0.39, 0.29) is 23.0 Å². The smallest absolute Gasteiger partial charge is 0.192 e. The van der Waals surface area contributed by atoms with Gasteiger partial charge in [-0.25, -0.2) is 0 Å². The van der Waals surface area contributed by atoms with Gasteiger partial charge >= 0.3 is 0 Å². The molecule has 0 amide bonds. The first-order chi connectivity index (χ1) is 9.89. The van der Waals surface area contributed by atoms with E-state index in [9.17, 15) is 5.11 Å². The number of hydrogen-bond acceptors (Lipinski definition) is 2. The van der Waals surface area contributed by atoms with Crippen molar-refractivity contribution >= 4 is 8.32 Å². The van der Waals surface area contributed by atoms with Crippen molar-refractivity contribution in [2.24, 2.45) is 17.8 Å². The zero-order valence-corrected chi connectivity index (χ0v) is 17.4. The van der Waals surface area contributed by atoms with Crippen molar-refractivity contribution in [2.75, 3.05) is 0 Å². The summed E-state index contributed by atoms with van der Waals surface area (Å²) < 4.78 is 6.70. The van der Waals surface area contributed by atoms with Gasteiger partial charge in [-0.2, -0.15) is 0 Å². The molecule has 0 saturated heterocycles. The molecular weight excluding hydrogens is 288 g/mol. The summed E-state index contributed by atoms with van der Waals surface area (Å²) in [5.74, 6) is 6.50. The molecule has 0 heterocycles. The van der Waals surface area contributed by atoms with Gasteiger partial charge in [-0.15, -0.1) is 5.92 Å². The first-order valence-corrected chi connectivity index (χ1v) is 11.6. The lowest BCUT2D eigenvalue weighted by atomic mass is 9.83. The Morgan fingerprint density at radius 2 is 1.64 bits per heavy atom. The van der Waals surface area contributed by atoms with Crippen molar-refractivity contribution in [1.29, 1.82) is 0 Å². The summed E-state index contributed by atoms with van der Waals surface area (Å²) in [4.78, 5) is 0. The predicted octanol–water partition coefficient (Wildman–Crippen LogP) is 5.08. The Bertz CT molecular complexity index is 386. The quantitative estimate of drug-likeness (QED) is 0.522. The Morgan fingerprint density at radius 3 is 2.00 bits per heavy atom. The Morgan fingerprint density at radius 1 is 1.14 bits per heavy atom. The molecule has 2 nitrogen and oxygen atoms in total. The third kappa shape index (κ3) is 5.72. The number of hydrogen-bond donors (Lipinski definition) is 1. The van der Waals surface area contributed by atoms with Crippen LogP contribution in [0.4, 0.5) is 0 Å². The second-order valence-corrected chi connectivity index (χ2v) is 13.0. The molecule has 3 heteroatoms. The van der Waals surface area contributed by atoms with Crippen molar-refractivity contribution in [3.8, 4) is 11.8 Å². The lowest BCUT2D eigenvalue weighted by molar-refractivity contribution is -0.0125. The molecule has 0 radical (unpaired) electrons. The summed E-state index contributed by atoms with van der Waals surface area (Å²) in [6.07, 6.45) is 0.697. The Kier molecular flexibility index (Phi) is 8.40. The van der Waals surface area contributed by atoms with E-state index in [1.165, 1.54) is 0 Å². The molecule has 0 aromatic heterocycles. The largest absolute Gasteiger partial charge is 0.413 e. The van der Waals surface area contributed by atoms with Crippen molar-refractivity contribution in [2.45, 2.75) is 92.2 Å². The SMILES string of the molecule is CC#C[C@@H](C)[C@H](O)[C@@H](C)[C@H](O[Si](C)(C)C(C)(C)C)[C@@H](C)CC. The first kappa shape index (κ1) is 21.7. The van der Waals surface area contributed by atoms with Crippen LogP contribution in [0.2, 0.25) is 18.1 Å². The van der Waals surface area contributed by atoms with Gasteiger partial charge in [0.1, 0.15) is 0 Å². The fraction of sp³-hybridized carbons (Fsp3) is 0.895. The second kappa shape index (κ2) is 8.52. The molecule has 0 aromatic rings. The van der Waals surface area contributed by atoms with Crippen LogP contribution in [0.25, 0.3) is 0 Å². The average molecular weight is 327 g/mol. The van der Waals surface area contributed by atoms with Crippen LogP contribution < -0.4 is 0 Å².